The van der Waals surface area contributed by atoms with Gasteiger partial charge in [-0.2, -0.15) is 0 Å². The lowest BCUT2D eigenvalue weighted by atomic mass is 10.0. The van der Waals surface area contributed by atoms with Gasteiger partial charge in [-0.15, -0.1) is 0 Å². The van der Waals surface area contributed by atoms with Crippen LogP contribution in [0.3, 0.4) is 0 Å². The van der Waals surface area contributed by atoms with Gasteiger partial charge < -0.3 is 0 Å². The van der Waals surface area contributed by atoms with E-state index in [1.165, 1.54) is 11.1 Å². The molecule has 0 spiro atoms. The second-order valence-electron chi connectivity index (χ2n) is 3.62. The van der Waals surface area contributed by atoms with Crippen LogP contribution in [0.25, 0.3) is 0 Å². The van der Waals surface area contributed by atoms with Gasteiger partial charge in [0.1, 0.15) is 0 Å². The van der Waals surface area contributed by atoms with E-state index in [-0.39, 0.29) is 0 Å². The van der Waals surface area contributed by atoms with Crippen molar-refractivity contribution in [2.45, 2.75) is 26.2 Å². The molecule has 1 aromatic carbocycles. The van der Waals surface area contributed by atoms with Crippen LogP contribution in [-0.4, -0.2) is 5.78 Å². The Labute approximate surface area is 72.4 Å². The molecule has 1 aliphatic carbocycles. The molecule has 1 nitrogen and oxygen atoms in total. The van der Waals surface area contributed by atoms with Crippen molar-refractivity contribution >= 4 is 5.78 Å². The molecule has 1 aromatic rings. The van der Waals surface area contributed by atoms with Gasteiger partial charge in [-0.05, 0) is 18.4 Å². The number of carbonyl (C=O) groups is 1. The van der Waals surface area contributed by atoms with E-state index in [0.29, 0.717) is 18.1 Å². The standard InChI is InChI=1S/C11H12O/c1-7-3-4-9-10(5-7)8(2)6-11(9)12/h3-5,8H,6H2,1-2H3/t8-/m1/s1. The van der Waals surface area contributed by atoms with Gasteiger partial charge in [0.25, 0.3) is 0 Å². The van der Waals surface area contributed by atoms with E-state index in [1.54, 1.807) is 0 Å². The fourth-order valence-electron chi connectivity index (χ4n) is 1.84. The van der Waals surface area contributed by atoms with Crippen molar-refractivity contribution in [3.63, 3.8) is 0 Å². The molecule has 2 rings (SSSR count). The molecule has 0 unspecified atom stereocenters. The third-order valence-electron chi connectivity index (χ3n) is 2.53. The fraction of sp³-hybridized carbons (Fsp3) is 0.364. The molecule has 0 aromatic heterocycles. The summed E-state index contributed by atoms with van der Waals surface area (Å²) in [5.74, 6) is 0.727. The van der Waals surface area contributed by atoms with Crippen LogP contribution in [0, 0.1) is 6.92 Å². The van der Waals surface area contributed by atoms with Crippen LogP contribution in [0.15, 0.2) is 18.2 Å². The molecule has 0 aliphatic heterocycles. The first-order valence-electron chi connectivity index (χ1n) is 4.32. The van der Waals surface area contributed by atoms with Gasteiger partial charge in [-0.1, -0.05) is 30.7 Å². The Bertz CT molecular complexity index is 339. The number of hydrogen-bond donors (Lipinski definition) is 0. The highest BCUT2D eigenvalue weighted by Crippen LogP contribution is 2.32. The molecule has 0 N–H and O–H groups in total. The smallest absolute Gasteiger partial charge is 0.163 e. The lowest BCUT2D eigenvalue weighted by Gasteiger charge is -2.02. The molecule has 0 amide bonds. The number of hydrogen-bond acceptors (Lipinski definition) is 1. The zero-order valence-electron chi connectivity index (χ0n) is 7.42. The molecule has 12 heavy (non-hydrogen) atoms. The van der Waals surface area contributed by atoms with Crippen LogP contribution < -0.4 is 0 Å². The average Bonchev–Trinajstić information content (AvgIpc) is 2.28. The molecule has 0 heterocycles. The molecule has 0 radical (unpaired) electrons. The van der Waals surface area contributed by atoms with E-state index in [0.717, 1.165) is 5.56 Å². The SMILES string of the molecule is Cc1ccc2c(c1)[C@H](C)CC2=O. The summed E-state index contributed by atoms with van der Waals surface area (Å²) < 4.78 is 0. The number of rotatable bonds is 0. The highest BCUT2D eigenvalue weighted by molar-refractivity contribution is 6.01. The number of aryl methyl sites for hydroxylation is 1. The van der Waals surface area contributed by atoms with E-state index >= 15 is 0 Å². The quantitative estimate of drug-likeness (QED) is 0.570. The van der Waals surface area contributed by atoms with Crippen molar-refractivity contribution in [3.8, 4) is 0 Å². The molecule has 0 saturated heterocycles. The summed E-state index contributed by atoms with van der Waals surface area (Å²) in [4.78, 5) is 11.4. The van der Waals surface area contributed by atoms with Gasteiger partial charge in [0.05, 0.1) is 0 Å². The first kappa shape index (κ1) is 7.53. The van der Waals surface area contributed by atoms with E-state index in [9.17, 15) is 4.79 Å². The third kappa shape index (κ3) is 0.970. The van der Waals surface area contributed by atoms with Gasteiger partial charge >= 0.3 is 0 Å². The van der Waals surface area contributed by atoms with E-state index in [2.05, 4.69) is 19.9 Å². The van der Waals surface area contributed by atoms with Crippen molar-refractivity contribution in [3.05, 3.63) is 34.9 Å². The van der Waals surface area contributed by atoms with Crippen LogP contribution in [-0.2, 0) is 0 Å². The summed E-state index contributed by atoms with van der Waals surface area (Å²) in [6, 6.07) is 6.09. The minimum atomic E-state index is 0.303. The second-order valence-corrected chi connectivity index (χ2v) is 3.62. The Hall–Kier alpha value is -1.11. The molecule has 1 aliphatic rings. The normalized spacial score (nSPS) is 21.2. The maximum absolute atomic E-state index is 11.4. The molecule has 1 atom stereocenters. The van der Waals surface area contributed by atoms with Crippen molar-refractivity contribution in [2.75, 3.05) is 0 Å². The Morgan fingerprint density at radius 3 is 2.92 bits per heavy atom. The van der Waals surface area contributed by atoms with E-state index < -0.39 is 0 Å². The predicted octanol–water partition coefficient (Wildman–Crippen LogP) is 2.68. The molecule has 1 heteroatoms. The predicted molar refractivity (Wildman–Crippen MR) is 48.5 cm³/mol. The summed E-state index contributed by atoms with van der Waals surface area (Å²) >= 11 is 0. The summed E-state index contributed by atoms with van der Waals surface area (Å²) in [5.41, 5.74) is 3.42. The largest absolute Gasteiger partial charge is 0.294 e. The van der Waals surface area contributed by atoms with Crippen LogP contribution in [0.2, 0.25) is 0 Å². The Morgan fingerprint density at radius 2 is 2.17 bits per heavy atom. The van der Waals surface area contributed by atoms with Crippen molar-refractivity contribution in [1.29, 1.82) is 0 Å². The first-order valence-corrected chi connectivity index (χ1v) is 4.32. The first-order chi connectivity index (χ1) is 5.68. The van der Waals surface area contributed by atoms with Crippen molar-refractivity contribution < 1.29 is 4.79 Å². The average molecular weight is 160 g/mol. The minimum Gasteiger partial charge on any atom is -0.294 e. The molecular formula is C11H12O. The highest BCUT2D eigenvalue weighted by atomic mass is 16.1. The van der Waals surface area contributed by atoms with Gasteiger partial charge in [-0.25, -0.2) is 0 Å². The summed E-state index contributed by atoms with van der Waals surface area (Å²) in [5, 5.41) is 0. The molecule has 62 valence electrons. The van der Waals surface area contributed by atoms with Crippen LogP contribution >= 0.6 is 0 Å². The summed E-state index contributed by atoms with van der Waals surface area (Å²) in [7, 11) is 0. The van der Waals surface area contributed by atoms with E-state index in [1.807, 2.05) is 12.1 Å². The maximum atomic E-state index is 11.4. The Kier molecular flexibility index (Phi) is 1.53. The molecule has 0 bridgehead atoms. The van der Waals surface area contributed by atoms with Gasteiger partial charge in [0, 0.05) is 12.0 Å². The van der Waals surface area contributed by atoms with Gasteiger partial charge in [-0.3, -0.25) is 4.79 Å². The zero-order chi connectivity index (χ0) is 8.72. The number of fused-ring (bicyclic) bond motifs is 1. The lowest BCUT2D eigenvalue weighted by molar-refractivity contribution is 0.0990. The highest BCUT2D eigenvalue weighted by Gasteiger charge is 2.25. The lowest BCUT2D eigenvalue weighted by Crippen LogP contribution is -1.90. The molecule has 0 saturated carbocycles. The maximum Gasteiger partial charge on any atom is 0.163 e. The zero-order valence-corrected chi connectivity index (χ0v) is 7.42. The third-order valence-corrected chi connectivity index (χ3v) is 2.53. The number of benzene rings is 1. The monoisotopic (exact) mass is 160 g/mol. The van der Waals surface area contributed by atoms with Crippen LogP contribution in [0.5, 0.6) is 0 Å². The van der Waals surface area contributed by atoms with Crippen molar-refractivity contribution in [1.82, 2.24) is 0 Å². The fourth-order valence-corrected chi connectivity index (χ4v) is 1.84. The molecule has 0 fully saturated rings. The van der Waals surface area contributed by atoms with Crippen LogP contribution in [0.4, 0.5) is 0 Å². The number of Topliss-reactive ketones (excluding diaryl/α,β-unsaturated/α-hetero) is 1. The van der Waals surface area contributed by atoms with E-state index in [4.69, 9.17) is 0 Å². The topological polar surface area (TPSA) is 17.1 Å². The second kappa shape index (κ2) is 2.44. The minimum absolute atomic E-state index is 0.303. The summed E-state index contributed by atoms with van der Waals surface area (Å²) in [6.45, 7) is 4.18. The Balaban J connectivity index is 2.60. The number of ketones is 1. The van der Waals surface area contributed by atoms with Crippen LogP contribution in [0.1, 0.15) is 40.7 Å². The Morgan fingerprint density at radius 1 is 1.42 bits per heavy atom. The number of carbonyl (C=O) groups excluding carboxylic acids is 1. The molecular weight excluding hydrogens is 148 g/mol. The van der Waals surface area contributed by atoms with Gasteiger partial charge in [0.15, 0.2) is 5.78 Å². The van der Waals surface area contributed by atoms with Crippen molar-refractivity contribution in [2.24, 2.45) is 0 Å². The van der Waals surface area contributed by atoms with Gasteiger partial charge in [0.2, 0.25) is 0 Å². The summed E-state index contributed by atoms with van der Waals surface area (Å²) in [6.07, 6.45) is 0.693.